The van der Waals surface area contributed by atoms with Gasteiger partial charge in [-0.25, -0.2) is 8.42 Å². The van der Waals surface area contributed by atoms with E-state index in [0.29, 0.717) is 12.1 Å². The van der Waals surface area contributed by atoms with Gasteiger partial charge in [-0.3, -0.25) is 13.9 Å². The molecule has 0 bridgehead atoms. The van der Waals surface area contributed by atoms with Crippen molar-refractivity contribution in [2.24, 2.45) is 0 Å². The van der Waals surface area contributed by atoms with Crippen molar-refractivity contribution >= 4 is 27.5 Å². The standard InChI is InChI=1S/C32H41N3O4S/c1-23(2)28-14-16-29(17-15-28)35(40(38,39)30-18-12-25(5)13-19-30)22-31(36)34(26(6)32(37)33-24(3)4)21-20-27-10-8-7-9-11-27/h7-19,23-24,26H,20-22H2,1-6H3,(H,33,37)/t26-/m1/s1. The van der Waals surface area contributed by atoms with E-state index >= 15 is 0 Å². The highest BCUT2D eigenvalue weighted by molar-refractivity contribution is 7.92. The minimum absolute atomic E-state index is 0.0975. The monoisotopic (exact) mass is 563 g/mol. The number of nitrogens with one attached hydrogen (secondary N) is 1. The van der Waals surface area contributed by atoms with Gasteiger partial charge in [-0.2, -0.15) is 0 Å². The maximum Gasteiger partial charge on any atom is 0.264 e. The molecule has 0 fully saturated rings. The van der Waals surface area contributed by atoms with Crippen molar-refractivity contribution in [3.05, 3.63) is 95.6 Å². The Hall–Kier alpha value is -3.65. The van der Waals surface area contributed by atoms with Gasteiger partial charge in [-0.15, -0.1) is 0 Å². The molecular formula is C32H41N3O4S. The maximum atomic E-state index is 13.9. The second-order valence-corrected chi connectivity index (χ2v) is 12.6. The Kier molecular flexibility index (Phi) is 10.5. The van der Waals surface area contributed by atoms with Gasteiger partial charge in [0.05, 0.1) is 10.6 Å². The molecule has 3 aromatic rings. The molecule has 0 heterocycles. The zero-order valence-corrected chi connectivity index (χ0v) is 25.1. The van der Waals surface area contributed by atoms with Crippen molar-refractivity contribution < 1.29 is 18.0 Å². The topological polar surface area (TPSA) is 86.8 Å². The highest BCUT2D eigenvalue weighted by atomic mass is 32.2. The molecule has 0 radical (unpaired) electrons. The number of nitrogens with zero attached hydrogens (tertiary/aromatic N) is 2. The van der Waals surface area contributed by atoms with Crippen molar-refractivity contribution in [2.75, 3.05) is 17.4 Å². The minimum atomic E-state index is -4.08. The van der Waals surface area contributed by atoms with Crippen LogP contribution in [0.5, 0.6) is 0 Å². The average molecular weight is 564 g/mol. The number of anilines is 1. The average Bonchev–Trinajstić information content (AvgIpc) is 2.92. The molecule has 0 aliphatic carbocycles. The van der Waals surface area contributed by atoms with Gasteiger partial charge < -0.3 is 10.2 Å². The molecule has 0 saturated heterocycles. The number of hydrogen-bond acceptors (Lipinski definition) is 4. The van der Waals surface area contributed by atoms with Crippen LogP contribution in [0.15, 0.2) is 83.8 Å². The van der Waals surface area contributed by atoms with E-state index in [1.54, 1.807) is 43.3 Å². The van der Waals surface area contributed by atoms with Gasteiger partial charge in [0.2, 0.25) is 11.8 Å². The van der Waals surface area contributed by atoms with Crippen LogP contribution in [-0.2, 0) is 26.0 Å². The number of aryl methyl sites for hydroxylation is 1. The number of hydrogen-bond donors (Lipinski definition) is 1. The van der Waals surface area contributed by atoms with Crippen LogP contribution in [0.4, 0.5) is 5.69 Å². The first-order valence-electron chi connectivity index (χ1n) is 13.7. The molecule has 214 valence electrons. The molecule has 0 spiro atoms. The van der Waals surface area contributed by atoms with Crippen molar-refractivity contribution in [1.82, 2.24) is 10.2 Å². The van der Waals surface area contributed by atoms with E-state index in [9.17, 15) is 18.0 Å². The molecule has 2 amide bonds. The quantitative estimate of drug-likeness (QED) is 0.324. The SMILES string of the molecule is Cc1ccc(S(=O)(=O)N(CC(=O)N(CCc2ccccc2)[C@H](C)C(=O)NC(C)C)c2ccc(C(C)C)cc2)cc1. The summed E-state index contributed by atoms with van der Waals surface area (Å²) in [6.07, 6.45) is 0.527. The Labute approximate surface area is 239 Å². The van der Waals surface area contributed by atoms with Gasteiger partial charge in [0.1, 0.15) is 12.6 Å². The molecule has 0 aromatic heterocycles. The smallest absolute Gasteiger partial charge is 0.264 e. The first kappa shape index (κ1) is 30.9. The van der Waals surface area contributed by atoms with Crippen LogP contribution in [0, 0.1) is 6.92 Å². The van der Waals surface area contributed by atoms with E-state index in [2.05, 4.69) is 19.2 Å². The molecule has 0 unspecified atom stereocenters. The van der Waals surface area contributed by atoms with Crippen LogP contribution in [0.25, 0.3) is 0 Å². The van der Waals surface area contributed by atoms with Crippen LogP contribution in [-0.4, -0.2) is 50.3 Å². The third-order valence-corrected chi connectivity index (χ3v) is 8.61. The van der Waals surface area contributed by atoms with Gasteiger partial charge >= 0.3 is 0 Å². The third-order valence-electron chi connectivity index (χ3n) is 6.82. The Bertz CT molecular complexity index is 1370. The molecule has 0 aliphatic rings. The Morgan fingerprint density at radius 3 is 1.98 bits per heavy atom. The van der Waals surface area contributed by atoms with Gasteiger partial charge in [0.15, 0.2) is 0 Å². The summed E-state index contributed by atoms with van der Waals surface area (Å²) in [6, 6.07) is 22.6. The van der Waals surface area contributed by atoms with Crippen LogP contribution >= 0.6 is 0 Å². The summed E-state index contributed by atoms with van der Waals surface area (Å²) in [5.74, 6) is -0.469. The predicted molar refractivity (Wildman–Crippen MR) is 161 cm³/mol. The number of benzene rings is 3. The largest absolute Gasteiger partial charge is 0.352 e. The Balaban J connectivity index is 1.99. The normalized spacial score (nSPS) is 12.3. The summed E-state index contributed by atoms with van der Waals surface area (Å²) in [4.78, 5) is 28.5. The lowest BCUT2D eigenvalue weighted by Crippen LogP contribution is -2.53. The summed E-state index contributed by atoms with van der Waals surface area (Å²) < 4.78 is 29.0. The van der Waals surface area contributed by atoms with Crippen LogP contribution in [0.2, 0.25) is 0 Å². The first-order chi connectivity index (χ1) is 18.9. The molecule has 3 aromatic carbocycles. The van der Waals surface area contributed by atoms with E-state index in [1.165, 1.54) is 4.90 Å². The number of amides is 2. The fraction of sp³-hybridized carbons (Fsp3) is 0.375. The predicted octanol–water partition coefficient (Wildman–Crippen LogP) is 5.30. The molecule has 3 rings (SSSR count). The molecule has 0 aliphatic heterocycles. The fourth-order valence-electron chi connectivity index (χ4n) is 4.37. The molecule has 0 saturated carbocycles. The summed E-state index contributed by atoms with van der Waals surface area (Å²) >= 11 is 0. The summed E-state index contributed by atoms with van der Waals surface area (Å²) in [5.41, 5.74) is 3.40. The van der Waals surface area contributed by atoms with Gasteiger partial charge in [-0.1, -0.05) is 74.0 Å². The molecule has 7 nitrogen and oxygen atoms in total. The number of rotatable bonds is 12. The lowest BCUT2D eigenvalue weighted by Gasteiger charge is -2.32. The lowest BCUT2D eigenvalue weighted by atomic mass is 10.0. The van der Waals surface area contributed by atoms with Crippen molar-refractivity contribution in [2.45, 2.75) is 70.9 Å². The van der Waals surface area contributed by atoms with Crippen molar-refractivity contribution in [1.29, 1.82) is 0 Å². The Morgan fingerprint density at radius 1 is 0.825 bits per heavy atom. The maximum absolute atomic E-state index is 13.9. The molecular weight excluding hydrogens is 522 g/mol. The zero-order chi connectivity index (χ0) is 29.4. The highest BCUT2D eigenvalue weighted by Gasteiger charge is 2.32. The second-order valence-electron chi connectivity index (χ2n) is 10.7. The summed E-state index contributed by atoms with van der Waals surface area (Å²) in [5, 5.41) is 2.87. The number of sulfonamides is 1. The molecule has 40 heavy (non-hydrogen) atoms. The van der Waals surface area contributed by atoms with Crippen LogP contribution in [0.1, 0.15) is 57.2 Å². The second kappa shape index (κ2) is 13.6. The van der Waals surface area contributed by atoms with Gasteiger partial charge in [-0.05, 0) is 75.4 Å². The van der Waals surface area contributed by atoms with Gasteiger partial charge in [0, 0.05) is 12.6 Å². The fourth-order valence-corrected chi connectivity index (χ4v) is 5.78. The van der Waals surface area contributed by atoms with E-state index in [4.69, 9.17) is 0 Å². The zero-order valence-electron chi connectivity index (χ0n) is 24.3. The third kappa shape index (κ3) is 7.94. The molecule has 8 heteroatoms. The lowest BCUT2D eigenvalue weighted by molar-refractivity contribution is -0.139. The number of carbonyl (C=O) groups excluding carboxylic acids is 2. The van der Waals surface area contributed by atoms with Crippen LogP contribution in [0.3, 0.4) is 0 Å². The van der Waals surface area contributed by atoms with Crippen molar-refractivity contribution in [3.63, 3.8) is 0 Å². The van der Waals surface area contributed by atoms with Crippen LogP contribution < -0.4 is 9.62 Å². The van der Waals surface area contributed by atoms with Crippen molar-refractivity contribution in [3.8, 4) is 0 Å². The van der Waals surface area contributed by atoms with E-state index < -0.39 is 28.5 Å². The van der Waals surface area contributed by atoms with Gasteiger partial charge in [0.25, 0.3) is 10.0 Å². The number of carbonyl (C=O) groups is 2. The molecule has 1 N–H and O–H groups in total. The summed E-state index contributed by atoms with van der Waals surface area (Å²) in [7, 11) is -4.08. The molecule has 1 atom stereocenters. The van der Waals surface area contributed by atoms with E-state index in [-0.39, 0.29) is 29.3 Å². The first-order valence-corrected chi connectivity index (χ1v) is 15.2. The minimum Gasteiger partial charge on any atom is -0.352 e. The van der Waals surface area contributed by atoms with E-state index in [1.807, 2.05) is 63.2 Å². The highest BCUT2D eigenvalue weighted by Crippen LogP contribution is 2.26. The van der Waals surface area contributed by atoms with E-state index in [0.717, 1.165) is 21.0 Å². The Morgan fingerprint density at radius 2 is 1.43 bits per heavy atom. The summed E-state index contributed by atoms with van der Waals surface area (Å²) in [6.45, 7) is 11.2.